The van der Waals surface area contributed by atoms with Gasteiger partial charge in [0.05, 0.1) is 12.7 Å². The molecule has 2 unspecified atom stereocenters. The first kappa shape index (κ1) is 29.1. The number of benzene rings is 4. The topological polar surface area (TPSA) is 110 Å². The fraction of sp³-hybridized carbons (Fsp3) is 0.314. The number of hydrogen-bond acceptors (Lipinski definition) is 6. The number of rotatable bonds is 10. The van der Waals surface area contributed by atoms with Crippen molar-refractivity contribution in [2.45, 2.75) is 60.8 Å². The van der Waals surface area contributed by atoms with E-state index in [1.165, 1.54) is 0 Å². The molecule has 1 aliphatic rings. The lowest BCUT2D eigenvalue weighted by Crippen LogP contribution is -2.83. The van der Waals surface area contributed by atoms with Gasteiger partial charge in [-0.2, -0.15) is 0 Å². The van der Waals surface area contributed by atoms with Gasteiger partial charge in [0.25, 0.3) is 0 Å². The van der Waals surface area contributed by atoms with Crippen LogP contribution in [0.5, 0.6) is 0 Å². The van der Waals surface area contributed by atoms with Crippen molar-refractivity contribution >= 4 is 0 Å². The summed E-state index contributed by atoms with van der Waals surface area (Å²) in [6.45, 7) is -0.629. The standard InChI is InChI=1S/C35H38O6/c36-25-31-33(38,22-27-15-7-2-8-16-27)35(40,24-29-19-11-4-12-20-29)34(39,23-28-17-9-3-10-18-28)32(41-31)30(37)21-26-13-5-1-6-14-26/h1-20,30-32,36-40H,21-25H2/t30?,31?,32-,33+,34+,35-/m1/s1. The molecular weight excluding hydrogens is 516 g/mol. The molecule has 6 nitrogen and oxygen atoms in total. The van der Waals surface area contributed by atoms with Crippen LogP contribution in [0.15, 0.2) is 121 Å². The molecule has 41 heavy (non-hydrogen) atoms. The summed E-state index contributed by atoms with van der Waals surface area (Å²) >= 11 is 0. The summed E-state index contributed by atoms with van der Waals surface area (Å²) in [7, 11) is 0. The van der Waals surface area contributed by atoms with E-state index in [0.29, 0.717) is 16.7 Å². The number of ether oxygens (including phenoxy) is 1. The molecule has 6 atom stereocenters. The lowest BCUT2D eigenvalue weighted by Gasteiger charge is -2.62. The van der Waals surface area contributed by atoms with Crippen molar-refractivity contribution in [3.8, 4) is 0 Å². The zero-order valence-electron chi connectivity index (χ0n) is 23.0. The molecule has 214 valence electrons. The maximum atomic E-state index is 13.0. The van der Waals surface area contributed by atoms with Crippen LogP contribution in [0.4, 0.5) is 0 Å². The predicted octanol–water partition coefficient (Wildman–Crippen LogP) is 3.27. The number of hydrogen-bond donors (Lipinski definition) is 5. The highest BCUT2D eigenvalue weighted by Crippen LogP contribution is 2.50. The molecule has 1 aliphatic heterocycles. The van der Waals surface area contributed by atoms with Crippen molar-refractivity contribution in [3.63, 3.8) is 0 Å². The minimum atomic E-state index is -2.26. The van der Waals surface area contributed by atoms with Gasteiger partial charge in [0.2, 0.25) is 0 Å². The van der Waals surface area contributed by atoms with Gasteiger partial charge in [-0.15, -0.1) is 0 Å². The number of aliphatic hydroxyl groups excluding tert-OH is 2. The van der Waals surface area contributed by atoms with E-state index in [-0.39, 0.29) is 25.7 Å². The van der Waals surface area contributed by atoms with E-state index in [1.54, 1.807) is 0 Å². The molecule has 4 aromatic carbocycles. The van der Waals surface area contributed by atoms with Crippen LogP contribution in [0, 0.1) is 0 Å². The average molecular weight is 555 g/mol. The van der Waals surface area contributed by atoms with E-state index in [0.717, 1.165) is 5.56 Å². The lowest BCUT2D eigenvalue weighted by molar-refractivity contribution is -0.368. The van der Waals surface area contributed by atoms with Gasteiger partial charge in [-0.3, -0.25) is 0 Å². The van der Waals surface area contributed by atoms with Crippen LogP contribution in [-0.4, -0.2) is 67.3 Å². The normalized spacial score (nSPS) is 28.7. The first-order valence-corrected chi connectivity index (χ1v) is 14.1. The molecule has 0 radical (unpaired) electrons. The Labute approximate surface area is 241 Å². The Balaban J connectivity index is 1.68. The Morgan fingerprint density at radius 1 is 0.561 bits per heavy atom. The van der Waals surface area contributed by atoms with Crippen LogP contribution in [0.2, 0.25) is 0 Å². The Morgan fingerprint density at radius 3 is 1.39 bits per heavy atom. The summed E-state index contributed by atoms with van der Waals surface area (Å²) in [5, 5.41) is 60.7. The van der Waals surface area contributed by atoms with E-state index in [1.807, 2.05) is 121 Å². The number of aliphatic hydroxyl groups is 5. The smallest absolute Gasteiger partial charge is 0.132 e. The molecule has 0 aliphatic carbocycles. The Hall–Kier alpha value is -3.36. The first-order chi connectivity index (χ1) is 19.8. The molecule has 6 heteroatoms. The first-order valence-electron chi connectivity index (χ1n) is 14.1. The third-order valence-corrected chi connectivity index (χ3v) is 8.49. The van der Waals surface area contributed by atoms with Gasteiger partial charge >= 0.3 is 0 Å². The van der Waals surface area contributed by atoms with Crippen LogP contribution in [0.1, 0.15) is 22.3 Å². The second-order valence-electron chi connectivity index (χ2n) is 11.2. The third-order valence-electron chi connectivity index (χ3n) is 8.49. The molecule has 0 saturated carbocycles. The van der Waals surface area contributed by atoms with Crippen molar-refractivity contribution in [3.05, 3.63) is 144 Å². The Bertz CT molecular complexity index is 1370. The molecule has 1 saturated heterocycles. The molecule has 0 aromatic heterocycles. The summed E-state index contributed by atoms with van der Waals surface area (Å²) in [6, 6.07) is 36.8. The zero-order chi connectivity index (χ0) is 28.9. The second-order valence-corrected chi connectivity index (χ2v) is 11.2. The van der Waals surface area contributed by atoms with E-state index in [9.17, 15) is 25.5 Å². The van der Waals surface area contributed by atoms with Crippen LogP contribution in [0.25, 0.3) is 0 Å². The van der Waals surface area contributed by atoms with Gasteiger partial charge in [0.15, 0.2) is 0 Å². The van der Waals surface area contributed by atoms with Crippen molar-refractivity contribution in [1.82, 2.24) is 0 Å². The Kier molecular flexibility index (Phi) is 8.71. The zero-order valence-corrected chi connectivity index (χ0v) is 23.0. The molecule has 5 N–H and O–H groups in total. The van der Waals surface area contributed by atoms with Crippen LogP contribution in [0.3, 0.4) is 0 Å². The van der Waals surface area contributed by atoms with Gasteiger partial charge < -0.3 is 30.3 Å². The maximum Gasteiger partial charge on any atom is 0.132 e. The summed E-state index contributed by atoms with van der Waals surface area (Å²) in [4.78, 5) is 0. The monoisotopic (exact) mass is 554 g/mol. The van der Waals surface area contributed by atoms with E-state index in [2.05, 4.69) is 0 Å². The maximum absolute atomic E-state index is 13.0. The summed E-state index contributed by atoms with van der Waals surface area (Å²) in [5.41, 5.74) is -3.66. The molecule has 1 fully saturated rings. The predicted molar refractivity (Wildman–Crippen MR) is 157 cm³/mol. The van der Waals surface area contributed by atoms with Crippen LogP contribution in [-0.2, 0) is 30.4 Å². The summed E-state index contributed by atoms with van der Waals surface area (Å²) in [6.07, 6.45) is -4.12. The molecule has 0 amide bonds. The summed E-state index contributed by atoms with van der Waals surface area (Å²) < 4.78 is 6.32. The quantitative estimate of drug-likeness (QED) is 0.206. The van der Waals surface area contributed by atoms with Crippen molar-refractivity contribution in [1.29, 1.82) is 0 Å². The largest absolute Gasteiger partial charge is 0.394 e. The van der Waals surface area contributed by atoms with E-state index >= 15 is 0 Å². The fourth-order valence-electron chi connectivity index (χ4n) is 6.36. The van der Waals surface area contributed by atoms with Crippen molar-refractivity contribution in [2.24, 2.45) is 0 Å². The Morgan fingerprint density at radius 2 is 0.951 bits per heavy atom. The second kappa shape index (κ2) is 12.2. The van der Waals surface area contributed by atoms with Gasteiger partial charge in [-0.1, -0.05) is 121 Å². The highest BCUT2D eigenvalue weighted by Gasteiger charge is 2.72. The minimum Gasteiger partial charge on any atom is -0.394 e. The minimum absolute atomic E-state index is 0.0962. The van der Waals surface area contributed by atoms with E-state index < -0.39 is 41.7 Å². The molecule has 1 heterocycles. The molecule has 0 bridgehead atoms. The van der Waals surface area contributed by atoms with Crippen molar-refractivity contribution < 1.29 is 30.3 Å². The highest BCUT2D eigenvalue weighted by molar-refractivity contribution is 5.34. The van der Waals surface area contributed by atoms with Gasteiger partial charge in [0, 0.05) is 25.7 Å². The fourth-order valence-corrected chi connectivity index (χ4v) is 6.36. The van der Waals surface area contributed by atoms with E-state index in [4.69, 9.17) is 4.74 Å². The molecular formula is C35H38O6. The van der Waals surface area contributed by atoms with Gasteiger partial charge in [-0.05, 0) is 22.3 Å². The van der Waals surface area contributed by atoms with Crippen molar-refractivity contribution in [2.75, 3.05) is 6.61 Å². The third kappa shape index (κ3) is 5.72. The van der Waals surface area contributed by atoms with Gasteiger partial charge in [0.1, 0.15) is 29.0 Å². The lowest BCUT2D eigenvalue weighted by atomic mass is 9.57. The van der Waals surface area contributed by atoms with Crippen LogP contribution < -0.4 is 0 Å². The molecule has 4 aromatic rings. The highest BCUT2D eigenvalue weighted by atomic mass is 16.6. The average Bonchev–Trinajstić information content (AvgIpc) is 2.98. The van der Waals surface area contributed by atoms with Crippen LogP contribution >= 0.6 is 0 Å². The molecule has 5 rings (SSSR count). The SMILES string of the molecule is OCC1O[C@H](C(O)Cc2ccccc2)[C@@](O)(Cc2ccccc2)[C@@](O)(Cc2ccccc2)[C@]1(O)Cc1ccccc1. The summed E-state index contributed by atoms with van der Waals surface area (Å²) in [5.74, 6) is 0. The molecule has 0 spiro atoms. The van der Waals surface area contributed by atoms with Gasteiger partial charge in [-0.25, -0.2) is 0 Å².